The molecule has 3 aliphatic rings. The van der Waals surface area contributed by atoms with E-state index in [1.165, 1.54) is 28.3 Å². The van der Waals surface area contributed by atoms with E-state index in [1.54, 1.807) is 19.9 Å². The predicted octanol–water partition coefficient (Wildman–Crippen LogP) is 3.42. The van der Waals surface area contributed by atoms with Gasteiger partial charge in [0.15, 0.2) is 34.7 Å². The first kappa shape index (κ1) is 26.2. The van der Waals surface area contributed by atoms with Gasteiger partial charge in [0, 0.05) is 22.6 Å². The summed E-state index contributed by atoms with van der Waals surface area (Å²) >= 11 is 0. The number of aliphatic hydroxyl groups is 2. The highest BCUT2D eigenvalue weighted by atomic mass is 16.7. The normalized spacial score (nSPS) is 29.7. The Hall–Kier alpha value is -3.37. The van der Waals surface area contributed by atoms with Crippen LogP contribution in [-0.4, -0.2) is 62.1 Å². The number of fused-ring (bicyclic) bond motifs is 2. The minimum atomic E-state index is -1.92. The van der Waals surface area contributed by atoms with Crippen molar-refractivity contribution in [2.75, 3.05) is 34.7 Å². The number of benzene rings is 2. The molecule has 5 atom stereocenters. The molecular formula is C28H34O10. The molecule has 1 aliphatic carbocycles. The lowest BCUT2D eigenvalue weighted by Gasteiger charge is -2.41. The number of ether oxygens (including phenoxy) is 7. The fraction of sp³-hybridized carbons (Fsp3) is 0.536. The lowest BCUT2D eigenvalue weighted by Crippen LogP contribution is -2.49. The summed E-state index contributed by atoms with van der Waals surface area (Å²) in [6.45, 7) is 6.54. The number of carbonyl (C=O) groups excluding carboxylic acids is 1. The van der Waals surface area contributed by atoms with Crippen LogP contribution in [0.4, 0.5) is 0 Å². The van der Waals surface area contributed by atoms with E-state index in [2.05, 4.69) is 0 Å². The first-order valence-corrected chi connectivity index (χ1v) is 12.5. The molecule has 2 aliphatic heterocycles. The van der Waals surface area contributed by atoms with Gasteiger partial charge in [0.1, 0.15) is 5.60 Å². The number of esters is 1. The topological polar surface area (TPSA) is 122 Å². The second-order valence-corrected chi connectivity index (χ2v) is 10.6. The first-order valence-electron chi connectivity index (χ1n) is 12.5. The molecule has 2 aromatic rings. The summed E-state index contributed by atoms with van der Waals surface area (Å²) in [6, 6.07) is 3.54. The Kier molecular flexibility index (Phi) is 6.30. The van der Waals surface area contributed by atoms with Crippen molar-refractivity contribution in [3.05, 3.63) is 23.3 Å². The highest BCUT2D eigenvalue weighted by Crippen LogP contribution is 2.59. The second kappa shape index (κ2) is 9.13. The van der Waals surface area contributed by atoms with E-state index < -0.39 is 35.1 Å². The molecule has 2 heterocycles. The van der Waals surface area contributed by atoms with Crippen molar-refractivity contribution >= 4 is 5.97 Å². The number of carbonyl (C=O) groups is 1. The maximum absolute atomic E-state index is 13.5. The molecule has 0 saturated heterocycles. The maximum atomic E-state index is 13.5. The van der Waals surface area contributed by atoms with Gasteiger partial charge in [-0.3, -0.25) is 0 Å². The van der Waals surface area contributed by atoms with Gasteiger partial charge in [-0.25, -0.2) is 4.79 Å². The molecule has 5 rings (SSSR count). The van der Waals surface area contributed by atoms with Gasteiger partial charge in [0.25, 0.3) is 0 Å². The van der Waals surface area contributed by atoms with E-state index in [9.17, 15) is 15.0 Å². The molecule has 0 aromatic heterocycles. The van der Waals surface area contributed by atoms with Gasteiger partial charge < -0.3 is 43.4 Å². The van der Waals surface area contributed by atoms with Crippen LogP contribution < -0.4 is 28.4 Å². The Labute approximate surface area is 221 Å². The van der Waals surface area contributed by atoms with E-state index in [0.717, 1.165) is 5.56 Å². The molecule has 0 amide bonds. The summed E-state index contributed by atoms with van der Waals surface area (Å²) in [5, 5.41) is 23.3. The van der Waals surface area contributed by atoms with Crippen LogP contribution in [0.25, 0.3) is 11.1 Å². The lowest BCUT2D eigenvalue weighted by molar-refractivity contribution is -0.194. The second-order valence-electron chi connectivity index (χ2n) is 10.6. The third-order valence-corrected chi connectivity index (χ3v) is 8.22. The zero-order valence-electron chi connectivity index (χ0n) is 22.7. The van der Waals surface area contributed by atoms with E-state index in [-0.39, 0.29) is 13.4 Å². The molecule has 2 aromatic carbocycles. The highest BCUT2D eigenvalue weighted by molar-refractivity contribution is 5.89. The smallest absolute Gasteiger partial charge is 0.338 e. The average Bonchev–Trinajstić information content (AvgIpc) is 3.35. The Morgan fingerprint density at radius 2 is 1.61 bits per heavy atom. The summed E-state index contributed by atoms with van der Waals surface area (Å²) in [6.07, 6.45) is -0.830. The van der Waals surface area contributed by atoms with Crippen molar-refractivity contribution < 1.29 is 48.2 Å². The fourth-order valence-electron chi connectivity index (χ4n) is 5.37. The molecule has 0 unspecified atom stereocenters. The van der Waals surface area contributed by atoms with Crippen molar-refractivity contribution in [1.82, 2.24) is 0 Å². The van der Waals surface area contributed by atoms with Gasteiger partial charge in [0.2, 0.25) is 18.3 Å². The van der Waals surface area contributed by atoms with Crippen LogP contribution in [-0.2, 0) is 16.0 Å². The van der Waals surface area contributed by atoms with Crippen LogP contribution >= 0.6 is 0 Å². The minimum Gasteiger partial charge on any atom is -0.493 e. The van der Waals surface area contributed by atoms with Crippen molar-refractivity contribution in [2.45, 2.75) is 51.4 Å². The summed E-state index contributed by atoms with van der Waals surface area (Å²) in [7, 11) is 4.47. The Morgan fingerprint density at radius 1 is 0.895 bits per heavy atom. The zero-order valence-corrected chi connectivity index (χ0v) is 22.7. The standard InChI is InChI=1S/C28H34O10/c1-13-8-15-9-18-22(37-12-36-18)24-19(15)20-16(10-17(32-5)21(33-6)23(20)34-7)25(27(13,3)30)38-26(29)28(4,31)14(2)11-35-24/h9-10,13-14,25,30-31H,8,11-12H2,1-7H3/t13-,14-,25-,27-,28+/m0/s1. The molecule has 38 heavy (non-hydrogen) atoms. The fourth-order valence-corrected chi connectivity index (χ4v) is 5.37. The van der Waals surface area contributed by atoms with E-state index in [1.807, 2.05) is 13.0 Å². The predicted molar refractivity (Wildman–Crippen MR) is 135 cm³/mol. The SMILES string of the molecule is COc1cc2c(c(OC)c1OC)-c1c3cc4c(c1OC[C@H](C)[C@@](C)(O)C(=O)O[C@@H]2[C@@](C)(O)[C@@H](C)C3)OCO4. The quantitative estimate of drug-likeness (QED) is 0.571. The zero-order chi connectivity index (χ0) is 27.6. The van der Waals surface area contributed by atoms with Gasteiger partial charge >= 0.3 is 5.97 Å². The highest BCUT2D eigenvalue weighted by Gasteiger charge is 2.50. The molecule has 0 saturated carbocycles. The van der Waals surface area contributed by atoms with Crippen LogP contribution in [0.3, 0.4) is 0 Å². The number of rotatable bonds is 3. The van der Waals surface area contributed by atoms with Crippen molar-refractivity contribution in [1.29, 1.82) is 0 Å². The summed E-state index contributed by atoms with van der Waals surface area (Å²) < 4.78 is 41.2. The molecule has 2 N–H and O–H groups in total. The molecule has 0 fully saturated rings. The lowest BCUT2D eigenvalue weighted by atomic mass is 9.73. The molecule has 206 valence electrons. The molecule has 2 bridgehead atoms. The molecular weight excluding hydrogens is 496 g/mol. The maximum Gasteiger partial charge on any atom is 0.338 e. The van der Waals surface area contributed by atoms with Crippen LogP contribution in [0.15, 0.2) is 12.1 Å². The Balaban J connectivity index is 1.98. The van der Waals surface area contributed by atoms with Crippen LogP contribution in [0.2, 0.25) is 0 Å². The van der Waals surface area contributed by atoms with Crippen molar-refractivity contribution in [3.8, 4) is 45.6 Å². The van der Waals surface area contributed by atoms with Gasteiger partial charge in [-0.2, -0.15) is 0 Å². The van der Waals surface area contributed by atoms with E-state index >= 15 is 0 Å². The van der Waals surface area contributed by atoms with Crippen LogP contribution in [0.5, 0.6) is 34.5 Å². The summed E-state index contributed by atoms with van der Waals surface area (Å²) in [5.41, 5.74) is -1.15. The first-order chi connectivity index (χ1) is 18.0. The monoisotopic (exact) mass is 530 g/mol. The summed E-state index contributed by atoms with van der Waals surface area (Å²) in [4.78, 5) is 13.5. The molecule has 0 spiro atoms. The summed E-state index contributed by atoms with van der Waals surface area (Å²) in [5.74, 6) is 0.241. The number of hydrogen-bond donors (Lipinski definition) is 2. The third-order valence-electron chi connectivity index (χ3n) is 8.22. The molecule has 0 radical (unpaired) electrons. The number of hydrogen-bond acceptors (Lipinski definition) is 10. The molecule has 10 heteroatoms. The minimum absolute atomic E-state index is 0.00920. The van der Waals surface area contributed by atoms with Crippen LogP contribution in [0.1, 0.15) is 44.9 Å². The largest absolute Gasteiger partial charge is 0.493 e. The van der Waals surface area contributed by atoms with Crippen LogP contribution in [0, 0.1) is 11.8 Å². The van der Waals surface area contributed by atoms with Gasteiger partial charge in [-0.1, -0.05) is 13.8 Å². The third kappa shape index (κ3) is 3.72. The Bertz CT molecular complexity index is 1280. The van der Waals surface area contributed by atoms with Gasteiger partial charge in [-0.15, -0.1) is 0 Å². The van der Waals surface area contributed by atoms with E-state index in [0.29, 0.717) is 57.6 Å². The Morgan fingerprint density at radius 3 is 2.26 bits per heavy atom. The molecule has 10 nitrogen and oxygen atoms in total. The number of methoxy groups -OCH3 is 3. The van der Waals surface area contributed by atoms with Crippen molar-refractivity contribution in [3.63, 3.8) is 0 Å². The van der Waals surface area contributed by atoms with Gasteiger partial charge in [-0.05, 0) is 43.9 Å². The van der Waals surface area contributed by atoms with Crippen molar-refractivity contribution in [2.24, 2.45) is 11.8 Å². The average molecular weight is 531 g/mol. The van der Waals surface area contributed by atoms with E-state index in [4.69, 9.17) is 33.2 Å². The van der Waals surface area contributed by atoms with Gasteiger partial charge in [0.05, 0.1) is 27.9 Å².